The van der Waals surface area contributed by atoms with E-state index in [2.05, 4.69) is 58.8 Å². The molecule has 0 fully saturated rings. The molecule has 6 heteroatoms. The van der Waals surface area contributed by atoms with Gasteiger partial charge in [-0.2, -0.15) is 5.10 Å². The van der Waals surface area contributed by atoms with Gasteiger partial charge in [0, 0.05) is 25.5 Å². The van der Waals surface area contributed by atoms with Crippen molar-refractivity contribution in [2.75, 3.05) is 13.1 Å². The lowest BCUT2D eigenvalue weighted by Gasteiger charge is -2.12. The van der Waals surface area contributed by atoms with E-state index in [1.807, 2.05) is 16.9 Å². The van der Waals surface area contributed by atoms with E-state index in [-0.39, 0.29) is 24.0 Å². The van der Waals surface area contributed by atoms with E-state index in [0.717, 1.165) is 32.0 Å². The Morgan fingerprint density at radius 2 is 1.91 bits per heavy atom. The van der Waals surface area contributed by atoms with E-state index in [9.17, 15) is 0 Å². The van der Waals surface area contributed by atoms with Crippen LogP contribution in [0.5, 0.6) is 0 Å². The van der Waals surface area contributed by atoms with Crippen LogP contribution in [0.1, 0.15) is 25.0 Å². The molecule has 1 heterocycles. The SMILES string of the molecule is CCNC(=NCc1ccccc1CC)NCCn1cccn1.I. The maximum atomic E-state index is 4.68. The molecule has 0 amide bonds. The van der Waals surface area contributed by atoms with Gasteiger partial charge < -0.3 is 10.6 Å². The topological polar surface area (TPSA) is 54.2 Å². The molecule has 0 atom stereocenters. The van der Waals surface area contributed by atoms with Crippen LogP contribution in [-0.2, 0) is 19.5 Å². The van der Waals surface area contributed by atoms with Crippen molar-refractivity contribution >= 4 is 29.9 Å². The molecule has 0 radical (unpaired) electrons. The molecule has 2 aromatic rings. The molecule has 1 aromatic carbocycles. The lowest BCUT2D eigenvalue weighted by Crippen LogP contribution is -2.38. The van der Waals surface area contributed by atoms with Crippen LogP contribution in [0.15, 0.2) is 47.7 Å². The predicted octanol–water partition coefficient (Wildman–Crippen LogP) is 2.82. The first-order valence-corrected chi connectivity index (χ1v) is 7.89. The summed E-state index contributed by atoms with van der Waals surface area (Å²) in [5.74, 6) is 0.848. The minimum atomic E-state index is 0. The smallest absolute Gasteiger partial charge is 0.191 e. The third-order valence-corrected chi connectivity index (χ3v) is 3.44. The number of hydrogen-bond donors (Lipinski definition) is 2. The third-order valence-electron chi connectivity index (χ3n) is 3.44. The third kappa shape index (κ3) is 6.60. The number of hydrogen-bond acceptors (Lipinski definition) is 2. The number of nitrogens with one attached hydrogen (secondary N) is 2. The Morgan fingerprint density at radius 3 is 2.57 bits per heavy atom. The van der Waals surface area contributed by atoms with Crippen molar-refractivity contribution in [3.63, 3.8) is 0 Å². The molecular formula is C17H26IN5. The molecule has 0 saturated heterocycles. The second-order valence-electron chi connectivity index (χ2n) is 5.01. The van der Waals surface area contributed by atoms with Crippen LogP contribution in [0.25, 0.3) is 0 Å². The van der Waals surface area contributed by atoms with Crippen molar-refractivity contribution in [1.29, 1.82) is 0 Å². The Kier molecular flexibility index (Phi) is 9.35. The average Bonchev–Trinajstić information content (AvgIpc) is 3.06. The van der Waals surface area contributed by atoms with Crippen LogP contribution >= 0.6 is 24.0 Å². The number of guanidine groups is 1. The van der Waals surface area contributed by atoms with E-state index >= 15 is 0 Å². The van der Waals surface area contributed by atoms with E-state index in [1.54, 1.807) is 6.20 Å². The van der Waals surface area contributed by atoms with Crippen molar-refractivity contribution < 1.29 is 0 Å². The predicted molar refractivity (Wildman–Crippen MR) is 106 cm³/mol. The zero-order valence-electron chi connectivity index (χ0n) is 13.8. The lowest BCUT2D eigenvalue weighted by molar-refractivity contribution is 0.598. The van der Waals surface area contributed by atoms with Gasteiger partial charge >= 0.3 is 0 Å². The van der Waals surface area contributed by atoms with Crippen LogP contribution < -0.4 is 10.6 Å². The van der Waals surface area contributed by atoms with Gasteiger partial charge in [-0.1, -0.05) is 31.2 Å². The van der Waals surface area contributed by atoms with Crippen LogP contribution in [0.2, 0.25) is 0 Å². The van der Waals surface area contributed by atoms with Gasteiger partial charge in [-0.05, 0) is 30.5 Å². The summed E-state index contributed by atoms with van der Waals surface area (Å²) in [6, 6.07) is 10.4. The molecule has 0 spiro atoms. The van der Waals surface area contributed by atoms with Crippen molar-refractivity contribution in [1.82, 2.24) is 20.4 Å². The number of rotatable bonds is 7. The van der Waals surface area contributed by atoms with Crippen LogP contribution in [-0.4, -0.2) is 28.8 Å². The Hall–Kier alpha value is -1.57. The maximum absolute atomic E-state index is 4.68. The highest BCUT2D eigenvalue weighted by atomic mass is 127. The van der Waals surface area contributed by atoms with Gasteiger partial charge in [-0.15, -0.1) is 24.0 Å². The molecule has 0 saturated carbocycles. The molecule has 5 nitrogen and oxygen atoms in total. The Balaban J connectivity index is 0.00000264. The second kappa shape index (κ2) is 11.0. The molecule has 2 N–H and O–H groups in total. The number of aliphatic imine (C=N–C) groups is 1. The molecule has 2 rings (SSSR count). The Morgan fingerprint density at radius 1 is 1.13 bits per heavy atom. The van der Waals surface area contributed by atoms with E-state index in [1.165, 1.54) is 11.1 Å². The number of nitrogens with zero attached hydrogens (tertiary/aromatic N) is 3. The first kappa shape index (κ1) is 19.5. The van der Waals surface area contributed by atoms with Crippen LogP contribution in [0.4, 0.5) is 0 Å². The summed E-state index contributed by atoms with van der Waals surface area (Å²) in [4.78, 5) is 4.68. The van der Waals surface area contributed by atoms with Gasteiger partial charge in [0.15, 0.2) is 5.96 Å². The van der Waals surface area contributed by atoms with E-state index < -0.39 is 0 Å². The summed E-state index contributed by atoms with van der Waals surface area (Å²) in [6.07, 6.45) is 4.79. The highest BCUT2D eigenvalue weighted by molar-refractivity contribution is 14.0. The monoisotopic (exact) mass is 427 g/mol. The van der Waals surface area contributed by atoms with Crippen molar-refractivity contribution in [3.05, 3.63) is 53.9 Å². The molecule has 126 valence electrons. The average molecular weight is 427 g/mol. The first-order chi connectivity index (χ1) is 10.8. The molecule has 23 heavy (non-hydrogen) atoms. The van der Waals surface area contributed by atoms with Gasteiger partial charge in [-0.3, -0.25) is 4.68 Å². The fourth-order valence-corrected chi connectivity index (χ4v) is 2.28. The summed E-state index contributed by atoms with van der Waals surface area (Å²) in [5, 5.41) is 10.8. The highest BCUT2D eigenvalue weighted by Crippen LogP contribution is 2.10. The van der Waals surface area contributed by atoms with Crippen molar-refractivity contribution in [2.45, 2.75) is 33.4 Å². The quantitative estimate of drug-likeness (QED) is 0.406. The van der Waals surface area contributed by atoms with E-state index in [0.29, 0.717) is 6.54 Å². The van der Waals surface area contributed by atoms with Crippen molar-refractivity contribution in [3.8, 4) is 0 Å². The van der Waals surface area contributed by atoms with E-state index in [4.69, 9.17) is 0 Å². The summed E-state index contributed by atoms with van der Waals surface area (Å²) < 4.78 is 1.91. The maximum Gasteiger partial charge on any atom is 0.191 e. The summed E-state index contributed by atoms with van der Waals surface area (Å²) in [5.41, 5.74) is 2.65. The number of halogens is 1. The minimum absolute atomic E-state index is 0. The van der Waals surface area contributed by atoms with Gasteiger partial charge in [0.2, 0.25) is 0 Å². The molecule has 0 unspecified atom stereocenters. The Labute approximate surface area is 155 Å². The normalized spacial score (nSPS) is 11.0. The standard InChI is InChI=1S/C17H25N5.HI/c1-3-15-8-5-6-9-16(15)14-20-17(18-4-2)19-11-13-22-12-7-10-21-22;/h5-10,12H,3-4,11,13-14H2,1-2H3,(H2,18,19,20);1H. The zero-order chi connectivity index (χ0) is 15.6. The van der Waals surface area contributed by atoms with Crippen LogP contribution in [0, 0.1) is 0 Å². The molecule has 0 aliphatic rings. The first-order valence-electron chi connectivity index (χ1n) is 7.89. The number of benzene rings is 1. The van der Waals surface area contributed by atoms with Gasteiger partial charge in [0.1, 0.15) is 0 Å². The highest BCUT2D eigenvalue weighted by Gasteiger charge is 2.01. The summed E-state index contributed by atoms with van der Waals surface area (Å²) in [7, 11) is 0. The fraction of sp³-hybridized carbons (Fsp3) is 0.412. The Bertz CT molecular complexity index is 580. The van der Waals surface area contributed by atoms with Gasteiger partial charge in [-0.25, -0.2) is 4.99 Å². The van der Waals surface area contributed by atoms with Gasteiger partial charge in [0.05, 0.1) is 13.1 Å². The number of aryl methyl sites for hydroxylation is 1. The van der Waals surface area contributed by atoms with Gasteiger partial charge in [0.25, 0.3) is 0 Å². The molecule has 1 aromatic heterocycles. The summed E-state index contributed by atoms with van der Waals surface area (Å²) >= 11 is 0. The summed E-state index contributed by atoms with van der Waals surface area (Å²) in [6.45, 7) is 7.41. The molecule has 0 bridgehead atoms. The lowest BCUT2D eigenvalue weighted by atomic mass is 10.1. The van der Waals surface area contributed by atoms with Crippen molar-refractivity contribution in [2.24, 2.45) is 4.99 Å². The second-order valence-corrected chi connectivity index (χ2v) is 5.01. The number of aromatic nitrogens is 2. The molecule has 0 aliphatic carbocycles. The molecule has 0 aliphatic heterocycles. The minimum Gasteiger partial charge on any atom is -0.357 e. The van der Waals surface area contributed by atoms with Crippen LogP contribution in [0.3, 0.4) is 0 Å². The zero-order valence-corrected chi connectivity index (χ0v) is 16.2. The fourth-order valence-electron chi connectivity index (χ4n) is 2.28. The largest absolute Gasteiger partial charge is 0.357 e. The molecular weight excluding hydrogens is 401 g/mol.